The molecule has 1 amide bonds. The standard InChI is InChI=1S/C18H16Cl2N4O/c19-12-8-9-14(15(20)10-12)18-22-16(23-24-18)7-3-5-11-4-1-2-6-13(11)17(21)25/h1-2,4,6,8-10H,3,5,7H2,(H2,21,25)(H,22,23,24). The molecule has 3 aromatic rings. The molecule has 128 valence electrons. The summed E-state index contributed by atoms with van der Waals surface area (Å²) in [5.74, 6) is 0.890. The lowest BCUT2D eigenvalue weighted by molar-refractivity contribution is 0.0999. The summed E-state index contributed by atoms with van der Waals surface area (Å²) in [7, 11) is 0. The molecule has 1 aromatic heterocycles. The summed E-state index contributed by atoms with van der Waals surface area (Å²) in [6.45, 7) is 0. The molecule has 0 saturated heterocycles. The van der Waals surface area contributed by atoms with Crippen molar-refractivity contribution in [2.45, 2.75) is 19.3 Å². The van der Waals surface area contributed by atoms with E-state index in [1.807, 2.05) is 18.2 Å². The third-order valence-corrected chi connectivity index (χ3v) is 4.39. The van der Waals surface area contributed by atoms with Gasteiger partial charge in [-0.05, 0) is 42.7 Å². The zero-order chi connectivity index (χ0) is 17.8. The molecule has 0 spiro atoms. The molecule has 0 radical (unpaired) electrons. The molecule has 2 aromatic carbocycles. The number of nitrogens with one attached hydrogen (secondary N) is 1. The molecule has 0 fully saturated rings. The Balaban J connectivity index is 1.66. The van der Waals surface area contributed by atoms with Gasteiger partial charge in [-0.25, -0.2) is 4.98 Å². The highest BCUT2D eigenvalue weighted by Crippen LogP contribution is 2.28. The maximum absolute atomic E-state index is 11.4. The van der Waals surface area contributed by atoms with E-state index in [2.05, 4.69) is 15.2 Å². The van der Waals surface area contributed by atoms with E-state index >= 15 is 0 Å². The van der Waals surface area contributed by atoms with Crippen molar-refractivity contribution >= 4 is 29.1 Å². The van der Waals surface area contributed by atoms with Gasteiger partial charge in [0.1, 0.15) is 5.82 Å². The number of carbonyl (C=O) groups excluding carboxylic acids is 1. The maximum Gasteiger partial charge on any atom is 0.248 e. The molecular formula is C18H16Cl2N4O. The highest BCUT2D eigenvalue weighted by molar-refractivity contribution is 6.36. The second kappa shape index (κ2) is 7.68. The second-order valence-corrected chi connectivity index (χ2v) is 6.45. The zero-order valence-corrected chi connectivity index (χ0v) is 14.8. The molecule has 3 N–H and O–H groups in total. The van der Waals surface area contributed by atoms with Crippen molar-refractivity contribution in [2.24, 2.45) is 5.73 Å². The van der Waals surface area contributed by atoms with Crippen LogP contribution in [0.2, 0.25) is 10.0 Å². The largest absolute Gasteiger partial charge is 0.366 e. The Morgan fingerprint density at radius 2 is 1.92 bits per heavy atom. The van der Waals surface area contributed by atoms with Gasteiger partial charge in [-0.2, -0.15) is 5.10 Å². The highest BCUT2D eigenvalue weighted by Gasteiger charge is 2.11. The van der Waals surface area contributed by atoms with E-state index in [1.54, 1.807) is 24.3 Å². The van der Waals surface area contributed by atoms with Gasteiger partial charge in [0.05, 0.1) is 5.02 Å². The van der Waals surface area contributed by atoms with E-state index in [1.165, 1.54) is 0 Å². The van der Waals surface area contributed by atoms with E-state index in [4.69, 9.17) is 28.9 Å². The van der Waals surface area contributed by atoms with E-state index in [9.17, 15) is 4.79 Å². The Hall–Kier alpha value is -2.37. The Bertz CT molecular complexity index is 908. The van der Waals surface area contributed by atoms with Crippen LogP contribution in [-0.4, -0.2) is 21.1 Å². The summed E-state index contributed by atoms with van der Waals surface area (Å²) < 4.78 is 0. The quantitative estimate of drug-likeness (QED) is 0.682. The molecule has 0 bridgehead atoms. The number of aromatic nitrogens is 3. The van der Waals surface area contributed by atoms with Crippen LogP contribution in [0.1, 0.15) is 28.2 Å². The number of halogens is 2. The average Bonchev–Trinajstić information content (AvgIpc) is 3.03. The van der Waals surface area contributed by atoms with Crippen molar-refractivity contribution in [1.82, 2.24) is 15.2 Å². The number of aromatic amines is 1. The normalized spacial score (nSPS) is 10.8. The molecule has 0 aliphatic rings. The molecular weight excluding hydrogens is 359 g/mol. The number of rotatable bonds is 6. The third-order valence-electron chi connectivity index (χ3n) is 3.85. The summed E-state index contributed by atoms with van der Waals surface area (Å²) >= 11 is 12.1. The predicted octanol–water partition coefficient (Wildman–Crippen LogP) is 4.05. The summed E-state index contributed by atoms with van der Waals surface area (Å²) in [6.07, 6.45) is 2.25. The number of H-pyrrole nitrogens is 1. The Kier molecular flexibility index (Phi) is 5.36. The van der Waals surface area contributed by atoms with Gasteiger partial charge in [0, 0.05) is 22.6 Å². The minimum atomic E-state index is -0.407. The van der Waals surface area contributed by atoms with Gasteiger partial charge in [-0.15, -0.1) is 0 Å². The molecule has 0 aliphatic carbocycles. The number of primary amides is 1. The number of amides is 1. The Morgan fingerprint density at radius 3 is 2.68 bits per heavy atom. The van der Waals surface area contributed by atoms with Gasteiger partial charge >= 0.3 is 0 Å². The molecule has 3 rings (SSSR count). The number of nitrogens with zero attached hydrogens (tertiary/aromatic N) is 2. The van der Waals surface area contributed by atoms with Crippen LogP contribution >= 0.6 is 23.2 Å². The molecule has 5 nitrogen and oxygen atoms in total. The molecule has 0 atom stereocenters. The first kappa shape index (κ1) is 17.5. The molecule has 0 saturated carbocycles. The first-order valence-corrected chi connectivity index (χ1v) is 8.54. The van der Waals surface area contributed by atoms with Gasteiger partial charge in [-0.3, -0.25) is 9.89 Å². The number of benzene rings is 2. The van der Waals surface area contributed by atoms with E-state index < -0.39 is 5.91 Å². The van der Waals surface area contributed by atoms with Crippen LogP contribution in [0.5, 0.6) is 0 Å². The van der Waals surface area contributed by atoms with Gasteiger partial charge in [0.15, 0.2) is 5.82 Å². The maximum atomic E-state index is 11.4. The Morgan fingerprint density at radius 1 is 1.12 bits per heavy atom. The van der Waals surface area contributed by atoms with Crippen LogP contribution in [0.4, 0.5) is 0 Å². The fourth-order valence-electron chi connectivity index (χ4n) is 2.62. The summed E-state index contributed by atoms with van der Waals surface area (Å²) in [6, 6.07) is 12.6. The van der Waals surface area contributed by atoms with Crippen LogP contribution in [-0.2, 0) is 12.8 Å². The van der Waals surface area contributed by atoms with Gasteiger partial charge < -0.3 is 5.73 Å². The van der Waals surface area contributed by atoms with Crippen molar-refractivity contribution in [1.29, 1.82) is 0 Å². The van der Waals surface area contributed by atoms with Crippen molar-refractivity contribution in [3.8, 4) is 11.4 Å². The topological polar surface area (TPSA) is 84.7 Å². The molecule has 0 aliphatic heterocycles. The average molecular weight is 375 g/mol. The smallest absolute Gasteiger partial charge is 0.248 e. The van der Waals surface area contributed by atoms with Crippen LogP contribution in [0.3, 0.4) is 0 Å². The number of nitrogens with two attached hydrogens (primary N) is 1. The van der Waals surface area contributed by atoms with Gasteiger partial charge in [0.2, 0.25) is 5.91 Å². The Labute approximate surface area is 155 Å². The van der Waals surface area contributed by atoms with Crippen LogP contribution < -0.4 is 5.73 Å². The SMILES string of the molecule is NC(=O)c1ccccc1CCCc1nc(-c2ccc(Cl)cc2Cl)n[nH]1. The minimum Gasteiger partial charge on any atom is -0.366 e. The van der Waals surface area contributed by atoms with Crippen molar-refractivity contribution in [2.75, 3.05) is 0 Å². The first-order valence-electron chi connectivity index (χ1n) is 7.79. The number of hydrogen-bond acceptors (Lipinski definition) is 3. The monoisotopic (exact) mass is 374 g/mol. The van der Waals surface area contributed by atoms with Gasteiger partial charge in [-0.1, -0.05) is 41.4 Å². The predicted molar refractivity (Wildman–Crippen MR) is 98.8 cm³/mol. The van der Waals surface area contributed by atoms with Crippen LogP contribution in [0.25, 0.3) is 11.4 Å². The van der Waals surface area contributed by atoms with Crippen molar-refractivity contribution < 1.29 is 4.79 Å². The number of aryl methyl sites for hydroxylation is 2. The highest BCUT2D eigenvalue weighted by atomic mass is 35.5. The van der Waals surface area contributed by atoms with Gasteiger partial charge in [0.25, 0.3) is 0 Å². The number of carbonyl (C=O) groups is 1. The van der Waals surface area contributed by atoms with E-state index in [0.29, 0.717) is 27.9 Å². The fraction of sp³-hybridized carbons (Fsp3) is 0.167. The lowest BCUT2D eigenvalue weighted by Gasteiger charge is -2.05. The van der Waals surface area contributed by atoms with Crippen molar-refractivity contribution in [3.63, 3.8) is 0 Å². The molecule has 1 heterocycles. The summed E-state index contributed by atoms with van der Waals surface area (Å²) in [5.41, 5.74) is 7.63. The first-order chi connectivity index (χ1) is 12.0. The third kappa shape index (κ3) is 4.18. The zero-order valence-electron chi connectivity index (χ0n) is 13.3. The van der Waals surface area contributed by atoms with Crippen LogP contribution in [0.15, 0.2) is 42.5 Å². The summed E-state index contributed by atoms with van der Waals surface area (Å²) in [5, 5.41) is 8.21. The fourth-order valence-corrected chi connectivity index (χ4v) is 3.12. The summed E-state index contributed by atoms with van der Waals surface area (Å²) in [4.78, 5) is 15.9. The number of hydrogen-bond donors (Lipinski definition) is 2. The lowest BCUT2D eigenvalue weighted by Crippen LogP contribution is -2.13. The van der Waals surface area contributed by atoms with Crippen LogP contribution in [0, 0.1) is 0 Å². The molecule has 7 heteroatoms. The molecule has 25 heavy (non-hydrogen) atoms. The van der Waals surface area contributed by atoms with E-state index in [-0.39, 0.29) is 0 Å². The lowest BCUT2D eigenvalue weighted by atomic mass is 10.0. The van der Waals surface area contributed by atoms with Crippen molar-refractivity contribution in [3.05, 3.63) is 69.5 Å². The van der Waals surface area contributed by atoms with E-state index in [0.717, 1.165) is 29.8 Å². The minimum absolute atomic E-state index is 0.407. The second-order valence-electron chi connectivity index (χ2n) is 5.60. The molecule has 0 unspecified atom stereocenters.